The fourth-order valence-electron chi connectivity index (χ4n) is 1.68. The van der Waals surface area contributed by atoms with Gasteiger partial charge in [-0.05, 0) is 0 Å². The molecular weight excluding hydrogens is 214 g/mol. The minimum absolute atomic E-state index is 0.206. The van der Waals surface area contributed by atoms with Crippen molar-refractivity contribution in [2.45, 2.75) is 31.0 Å². The van der Waals surface area contributed by atoms with Crippen LogP contribution in [-0.4, -0.2) is 49.2 Å². The predicted molar refractivity (Wildman–Crippen MR) is 41.9 cm³/mol. The quantitative estimate of drug-likeness (QED) is 0.521. The van der Waals surface area contributed by atoms with Crippen LogP contribution in [0.3, 0.4) is 0 Å². The molecule has 0 amide bonds. The van der Waals surface area contributed by atoms with Crippen LogP contribution in [0.4, 0.5) is 0 Å². The molecule has 2 saturated heterocycles. The van der Waals surface area contributed by atoms with E-state index in [1.165, 1.54) is 0 Å². The van der Waals surface area contributed by atoms with Gasteiger partial charge in [0.25, 0.3) is 0 Å². The maximum absolute atomic E-state index is 10.4. The molecular formula is C6H10NO6S-. The van der Waals surface area contributed by atoms with E-state index >= 15 is 0 Å². The van der Waals surface area contributed by atoms with E-state index in [0.717, 1.165) is 0 Å². The van der Waals surface area contributed by atoms with Gasteiger partial charge in [-0.25, -0.2) is 13.1 Å². The van der Waals surface area contributed by atoms with Crippen LogP contribution in [0, 0.1) is 0 Å². The van der Waals surface area contributed by atoms with Gasteiger partial charge in [-0.3, -0.25) is 0 Å². The van der Waals surface area contributed by atoms with Gasteiger partial charge >= 0.3 is 0 Å². The van der Waals surface area contributed by atoms with Crippen LogP contribution < -0.4 is 4.72 Å². The maximum atomic E-state index is 10.4. The lowest BCUT2D eigenvalue weighted by Crippen LogP contribution is -2.54. The van der Waals surface area contributed by atoms with Crippen molar-refractivity contribution in [2.75, 3.05) is 6.61 Å². The van der Waals surface area contributed by atoms with Crippen LogP contribution in [0.2, 0.25) is 0 Å². The second-order valence-electron chi connectivity index (χ2n) is 3.36. The van der Waals surface area contributed by atoms with Crippen LogP contribution in [0.5, 0.6) is 0 Å². The number of fused-ring (bicyclic) bond motifs is 2. The third kappa shape index (κ3) is 2.05. The van der Waals surface area contributed by atoms with Gasteiger partial charge in [0.1, 0.15) is 0 Å². The molecule has 8 heteroatoms. The first kappa shape index (κ1) is 10.3. The van der Waals surface area contributed by atoms with E-state index in [0.29, 0.717) is 6.61 Å². The molecule has 0 radical (unpaired) electrons. The highest BCUT2D eigenvalue weighted by Crippen LogP contribution is 2.27. The highest BCUT2D eigenvalue weighted by atomic mass is 32.2. The second-order valence-corrected chi connectivity index (χ2v) is 4.50. The summed E-state index contributed by atoms with van der Waals surface area (Å²) in [5, 5.41) is 9.49. The maximum Gasteiger partial charge on any atom is 0.176 e. The lowest BCUT2D eigenvalue weighted by atomic mass is 10.0. The van der Waals surface area contributed by atoms with Crippen LogP contribution >= 0.6 is 0 Å². The van der Waals surface area contributed by atoms with Gasteiger partial charge in [0, 0.05) is 6.42 Å². The molecule has 2 bridgehead atoms. The molecule has 0 aromatic rings. The largest absolute Gasteiger partial charge is 0.735 e. The van der Waals surface area contributed by atoms with Crippen molar-refractivity contribution in [3.05, 3.63) is 0 Å². The predicted octanol–water partition coefficient (Wildman–Crippen LogP) is -2.09. The molecule has 2 heterocycles. The van der Waals surface area contributed by atoms with Crippen molar-refractivity contribution in [3.8, 4) is 0 Å². The monoisotopic (exact) mass is 224 g/mol. The number of nitrogens with one attached hydrogen (secondary N) is 1. The van der Waals surface area contributed by atoms with Gasteiger partial charge in [0.05, 0.1) is 24.9 Å². The Labute approximate surface area is 80.9 Å². The Balaban J connectivity index is 2.09. The first-order valence-electron chi connectivity index (χ1n) is 4.14. The van der Waals surface area contributed by atoms with E-state index in [2.05, 4.69) is 0 Å². The normalized spacial score (nSPS) is 42.7. The SMILES string of the molecule is O=S(=O)([O-])NC1[C@H]2OCC(C[C@@H]1O)O2. The molecule has 2 unspecified atom stereocenters. The number of hydrogen-bond acceptors (Lipinski definition) is 6. The third-order valence-electron chi connectivity index (χ3n) is 2.27. The third-order valence-corrected chi connectivity index (χ3v) is 2.83. The number of aliphatic hydroxyl groups excluding tert-OH is 1. The van der Waals surface area contributed by atoms with Gasteiger partial charge in [-0.2, -0.15) is 0 Å². The Morgan fingerprint density at radius 2 is 2.21 bits per heavy atom. The van der Waals surface area contributed by atoms with Gasteiger partial charge < -0.3 is 19.1 Å². The zero-order chi connectivity index (χ0) is 10.3. The molecule has 0 saturated carbocycles. The molecule has 2 aliphatic heterocycles. The Morgan fingerprint density at radius 3 is 2.86 bits per heavy atom. The molecule has 0 aromatic carbocycles. The van der Waals surface area contributed by atoms with E-state index in [9.17, 15) is 18.1 Å². The van der Waals surface area contributed by atoms with Gasteiger partial charge in [-0.1, -0.05) is 0 Å². The van der Waals surface area contributed by atoms with E-state index in [4.69, 9.17) is 9.47 Å². The molecule has 2 N–H and O–H groups in total. The number of aliphatic hydroxyl groups is 1. The van der Waals surface area contributed by atoms with E-state index in [-0.39, 0.29) is 12.5 Å². The molecule has 82 valence electrons. The lowest BCUT2D eigenvalue weighted by molar-refractivity contribution is -0.135. The topological polar surface area (TPSA) is 108 Å². The zero-order valence-corrected chi connectivity index (χ0v) is 7.94. The van der Waals surface area contributed by atoms with Crippen LogP contribution in [0.15, 0.2) is 0 Å². The molecule has 0 spiro atoms. The Bertz CT molecular complexity index is 316. The van der Waals surface area contributed by atoms with Crippen LogP contribution in [-0.2, 0) is 19.8 Å². The number of rotatable bonds is 2. The molecule has 14 heavy (non-hydrogen) atoms. The fourth-order valence-corrected chi connectivity index (χ4v) is 2.28. The van der Waals surface area contributed by atoms with Crippen molar-refractivity contribution in [2.24, 2.45) is 0 Å². The van der Waals surface area contributed by atoms with Crippen LogP contribution in [0.25, 0.3) is 0 Å². The number of hydrogen-bond donors (Lipinski definition) is 2. The zero-order valence-electron chi connectivity index (χ0n) is 7.12. The minimum Gasteiger partial charge on any atom is -0.735 e. The summed E-state index contributed by atoms with van der Waals surface area (Å²) in [6, 6.07) is -1.00. The highest BCUT2D eigenvalue weighted by Gasteiger charge is 2.44. The van der Waals surface area contributed by atoms with Crippen LogP contribution in [0.1, 0.15) is 6.42 Å². The Morgan fingerprint density at radius 1 is 1.50 bits per heavy atom. The van der Waals surface area contributed by atoms with Crippen molar-refractivity contribution in [1.29, 1.82) is 0 Å². The Hall–Kier alpha value is -0.250. The standard InChI is InChI=1S/C6H11NO6S/c8-4-1-3-2-12-6(13-3)5(4)7-14(9,10)11/h3-8H,1-2H2,(H,9,10,11)/p-1/t3?,4-,5?,6-/m0/s1. The molecule has 2 rings (SSSR count). The molecule has 7 nitrogen and oxygen atoms in total. The molecule has 0 aliphatic carbocycles. The van der Waals surface area contributed by atoms with Gasteiger partial charge in [0.2, 0.25) is 0 Å². The number of ether oxygens (including phenoxy) is 2. The molecule has 2 fully saturated rings. The molecule has 2 aliphatic rings. The van der Waals surface area contributed by atoms with Crippen molar-refractivity contribution in [1.82, 2.24) is 4.72 Å². The van der Waals surface area contributed by atoms with E-state index < -0.39 is 28.7 Å². The second kappa shape index (κ2) is 3.40. The lowest BCUT2D eigenvalue weighted by Gasteiger charge is -2.33. The fraction of sp³-hybridized carbons (Fsp3) is 1.00. The summed E-state index contributed by atoms with van der Waals surface area (Å²) in [4.78, 5) is 0. The summed E-state index contributed by atoms with van der Waals surface area (Å²) < 4.78 is 43.3. The minimum atomic E-state index is -4.60. The summed E-state index contributed by atoms with van der Waals surface area (Å²) in [5.41, 5.74) is 0. The Kier molecular flexibility index (Phi) is 2.50. The van der Waals surface area contributed by atoms with Crippen molar-refractivity contribution >= 4 is 10.3 Å². The summed E-state index contributed by atoms with van der Waals surface area (Å²) in [5.74, 6) is 0. The van der Waals surface area contributed by atoms with E-state index in [1.807, 2.05) is 0 Å². The first-order valence-corrected chi connectivity index (χ1v) is 5.55. The summed E-state index contributed by atoms with van der Waals surface area (Å²) in [6.07, 6.45) is -1.73. The van der Waals surface area contributed by atoms with Crippen molar-refractivity contribution in [3.63, 3.8) is 0 Å². The highest BCUT2D eigenvalue weighted by molar-refractivity contribution is 7.83. The van der Waals surface area contributed by atoms with E-state index in [1.54, 1.807) is 4.72 Å². The van der Waals surface area contributed by atoms with Gasteiger partial charge in [-0.15, -0.1) is 0 Å². The average Bonchev–Trinajstić information content (AvgIpc) is 2.41. The molecule has 4 atom stereocenters. The first-order chi connectivity index (χ1) is 6.46. The summed E-state index contributed by atoms with van der Waals surface area (Å²) >= 11 is 0. The van der Waals surface area contributed by atoms with Crippen molar-refractivity contribution < 1.29 is 27.6 Å². The summed E-state index contributed by atoms with van der Waals surface area (Å²) in [7, 11) is -4.60. The smallest absolute Gasteiger partial charge is 0.176 e. The molecule has 0 aromatic heterocycles. The van der Waals surface area contributed by atoms with Gasteiger partial charge in [0.15, 0.2) is 16.6 Å². The summed E-state index contributed by atoms with van der Waals surface area (Å²) in [6.45, 7) is 0.318. The average molecular weight is 224 g/mol.